The minimum atomic E-state index is -0.465. The molecule has 1 heterocycles. The first kappa shape index (κ1) is 13.1. The van der Waals surface area contributed by atoms with E-state index in [2.05, 4.69) is 15.9 Å². The molecule has 0 saturated heterocycles. The molecule has 0 aliphatic carbocycles. The number of nitrogens with zero attached hydrogens (tertiary/aromatic N) is 1. The smallest absolute Gasteiger partial charge is 0.299 e. The highest BCUT2D eigenvalue weighted by atomic mass is 79.9. The number of anilines is 1. The minimum Gasteiger partial charge on any atom is -0.299 e. The minimum absolute atomic E-state index is 0.403. The van der Waals surface area contributed by atoms with Crippen LogP contribution in [0.5, 0.6) is 0 Å². The zero-order valence-corrected chi connectivity index (χ0v) is 12.5. The Balaban J connectivity index is 2.01. The van der Waals surface area contributed by atoms with Crippen LogP contribution in [0.2, 0.25) is 0 Å². The second-order valence-electron chi connectivity index (χ2n) is 4.84. The highest BCUT2D eigenvalue weighted by Crippen LogP contribution is 2.36. The van der Waals surface area contributed by atoms with E-state index in [1.165, 1.54) is 10.5 Å². The molecule has 1 aliphatic rings. The molecule has 0 fully saturated rings. The molecule has 0 bridgehead atoms. The number of amides is 1. The van der Waals surface area contributed by atoms with Crippen LogP contribution in [-0.2, 0) is 11.3 Å². The van der Waals surface area contributed by atoms with Crippen LogP contribution >= 0.6 is 15.9 Å². The van der Waals surface area contributed by atoms with Crippen LogP contribution in [0.15, 0.2) is 46.9 Å². The zero-order chi connectivity index (χ0) is 14.3. The highest BCUT2D eigenvalue weighted by Gasteiger charge is 2.36. The van der Waals surface area contributed by atoms with Gasteiger partial charge in [0.15, 0.2) is 0 Å². The van der Waals surface area contributed by atoms with Crippen LogP contribution in [0.3, 0.4) is 0 Å². The van der Waals surface area contributed by atoms with E-state index in [4.69, 9.17) is 0 Å². The average molecular weight is 330 g/mol. The van der Waals surface area contributed by atoms with Gasteiger partial charge in [-0.15, -0.1) is 0 Å². The quantitative estimate of drug-likeness (QED) is 0.791. The van der Waals surface area contributed by atoms with E-state index < -0.39 is 11.7 Å². The second kappa shape index (κ2) is 4.87. The lowest BCUT2D eigenvalue weighted by molar-refractivity contribution is -0.114. The van der Waals surface area contributed by atoms with Gasteiger partial charge in [0.25, 0.3) is 11.7 Å². The first-order valence-electron chi connectivity index (χ1n) is 6.28. The highest BCUT2D eigenvalue weighted by molar-refractivity contribution is 9.10. The number of halogens is 1. The summed E-state index contributed by atoms with van der Waals surface area (Å²) in [5, 5.41) is 0. The molecule has 0 saturated carbocycles. The largest absolute Gasteiger partial charge is 0.299 e. The SMILES string of the molecule is Cc1ccc(CN2C(=O)C(=O)c3cccc(Br)c32)cc1. The number of carbonyl (C=O) groups excluding carboxylic acids is 2. The number of hydrogen-bond donors (Lipinski definition) is 0. The van der Waals surface area contributed by atoms with Gasteiger partial charge in [-0.1, -0.05) is 35.9 Å². The molecule has 1 aliphatic heterocycles. The van der Waals surface area contributed by atoms with Crippen molar-refractivity contribution in [1.82, 2.24) is 0 Å². The Bertz CT molecular complexity index is 707. The van der Waals surface area contributed by atoms with E-state index in [0.29, 0.717) is 17.8 Å². The topological polar surface area (TPSA) is 37.4 Å². The summed E-state index contributed by atoms with van der Waals surface area (Å²) in [7, 11) is 0. The lowest BCUT2D eigenvalue weighted by Gasteiger charge is -2.18. The predicted molar refractivity (Wildman–Crippen MR) is 80.8 cm³/mol. The van der Waals surface area contributed by atoms with Crippen molar-refractivity contribution < 1.29 is 9.59 Å². The van der Waals surface area contributed by atoms with Crippen molar-refractivity contribution in [3.05, 3.63) is 63.6 Å². The van der Waals surface area contributed by atoms with Crippen LogP contribution in [-0.4, -0.2) is 11.7 Å². The van der Waals surface area contributed by atoms with Crippen LogP contribution in [0.25, 0.3) is 0 Å². The number of fused-ring (bicyclic) bond motifs is 1. The lowest BCUT2D eigenvalue weighted by Crippen LogP contribution is -2.29. The summed E-state index contributed by atoms with van der Waals surface area (Å²) >= 11 is 3.42. The summed E-state index contributed by atoms with van der Waals surface area (Å²) < 4.78 is 0.765. The zero-order valence-electron chi connectivity index (χ0n) is 10.9. The van der Waals surface area contributed by atoms with Crippen LogP contribution in [0.4, 0.5) is 5.69 Å². The molecule has 0 unspecified atom stereocenters. The van der Waals surface area contributed by atoms with Gasteiger partial charge in [0.2, 0.25) is 0 Å². The fraction of sp³-hybridized carbons (Fsp3) is 0.125. The Labute approximate surface area is 125 Å². The van der Waals surface area contributed by atoms with Crippen molar-refractivity contribution in [3.8, 4) is 0 Å². The number of carbonyl (C=O) groups is 2. The van der Waals surface area contributed by atoms with E-state index in [1.54, 1.807) is 12.1 Å². The number of para-hydroxylation sites is 1. The number of rotatable bonds is 2. The maximum atomic E-state index is 12.1. The van der Waals surface area contributed by atoms with E-state index in [9.17, 15) is 9.59 Å². The van der Waals surface area contributed by atoms with Gasteiger partial charge >= 0.3 is 0 Å². The molecule has 100 valence electrons. The molecule has 2 aromatic carbocycles. The third kappa shape index (κ3) is 2.06. The van der Waals surface area contributed by atoms with E-state index in [-0.39, 0.29) is 0 Å². The predicted octanol–water partition coefficient (Wildman–Crippen LogP) is 3.49. The number of aryl methyl sites for hydroxylation is 1. The fourth-order valence-electron chi connectivity index (χ4n) is 2.34. The van der Waals surface area contributed by atoms with E-state index in [0.717, 1.165) is 10.0 Å². The normalized spacial score (nSPS) is 13.8. The number of ketones is 1. The summed E-state index contributed by atoms with van der Waals surface area (Å²) in [4.78, 5) is 25.7. The second-order valence-corrected chi connectivity index (χ2v) is 5.70. The molecule has 3 nitrogen and oxygen atoms in total. The molecule has 0 radical (unpaired) electrons. The Morgan fingerprint density at radius 2 is 1.75 bits per heavy atom. The third-order valence-electron chi connectivity index (χ3n) is 3.40. The first-order chi connectivity index (χ1) is 9.58. The van der Waals surface area contributed by atoms with Crippen LogP contribution in [0, 0.1) is 6.92 Å². The molecule has 20 heavy (non-hydrogen) atoms. The molecule has 0 aromatic heterocycles. The lowest BCUT2D eigenvalue weighted by atomic mass is 10.1. The Morgan fingerprint density at radius 3 is 2.45 bits per heavy atom. The first-order valence-corrected chi connectivity index (χ1v) is 7.07. The molecule has 2 aromatic rings. The molecule has 3 rings (SSSR count). The molecule has 4 heteroatoms. The third-order valence-corrected chi connectivity index (χ3v) is 4.04. The summed E-state index contributed by atoms with van der Waals surface area (Å²) in [6.45, 7) is 2.42. The fourth-order valence-corrected chi connectivity index (χ4v) is 2.92. The van der Waals surface area contributed by atoms with Gasteiger partial charge in [0.05, 0.1) is 17.8 Å². The molecule has 0 atom stereocenters. The van der Waals surface area contributed by atoms with Crippen molar-refractivity contribution >= 4 is 33.3 Å². The van der Waals surface area contributed by atoms with Gasteiger partial charge in [-0.2, -0.15) is 0 Å². The molecule has 0 spiro atoms. The van der Waals surface area contributed by atoms with Crippen molar-refractivity contribution in [2.45, 2.75) is 13.5 Å². The van der Waals surface area contributed by atoms with E-state index >= 15 is 0 Å². The molecule has 0 N–H and O–H groups in total. The molecule has 1 amide bonds. The number of hydrogen-bond acceptors (Lipinski definition) is 2. The van der Waals surface area contributed by atoms with Crippen molar-refractivity contribution in [1.29, 1.82) is 0 Å². The van der Waals surface area contributed by atoms with Crippen molar-refractivity contribution in [2.24, 2.45) is 0 Å². The molecular weight excluding hydrogens is 318 g/mol. The van der Waals surface area contributed by atoms with Gasteiger partial charge < -0.3 is 0 Å². The van der Waals surface area contributed by atoms with Crippen LogP contribution in [0.1, 0.15) is 21.5 Å². The Morgan fingerprint density at radius 1 is 1.05 bits per heavy atom. The summed E-state index contributed by atoms with van der Waals surface area (Å²) in [5.74, 6) is -0.902. The maximum Gasteiger partial charge on any atom is 0.299 e. The Hall–Kier alpha value is -1.94. The van der Waals surface area contributed by atoms with E-state index in [1.807, 2.05) is 37.3 Å². The number of Topliss-reactive ketones (excluding diaryl/α,β-unsaturated/α-hetero) is 1. The summed E-state index contributed by atoms with van der Waals surface area (Å²) in [6, 6.07) is 13.2. The average Bonchev–Trinajstić information content (AvgIpc) is 2.68. The van der Waals surface area contributed by atoms with Gasteiger partial charge in [0, 0.05) is 4.47 Å². The van der Waals surface area contributed by atoms with Gasteiger partial charge in [-0.3, -0.25) is 14.5 Å². The van der Waals surface area contributed by atoms with Crippen molar-refractivity contribution in [3.63, 3.8) is 0 Å². The molecular formula is C16H12BrNO2. The maximum absolute atomic E-state index is 12.1. The van der Waals surface area contributed by atoms with Gasteiger partial charge in [0.1, 0.15) is 0 Å². The van der Waals surface area contributed by atoms with Crippen LogP contribution < -0.4 is 4.90 Å². The van der Waals surface area contributed by atoms with Crippen molar-refractivity contribution in [2.75, 3.05) is 4.90 Å². The van der Waals surface area contributed by atoms with Gasteiger partial charge in [-0.05, 0) is 40.5 Å². The number of benzene rings is 2. The Kier molecular flexibility index (Phi) is 3.18. The van der Waals surface area contributed by atoms with Gasteiger partial charge in [-0.25, -0.2) is 0 Å². The summed E-state index contributed by atoms with van der Waals surface area (Å²) in [6.07, 6.45) is 0. The monoisotopic (exact) mass is 329 g/mol. The summed E-state index contributed by atoms with van der Waals surface area (Å²) in [5.41, 5.74) is 3.30. The standard InChI is InChI=1S/C16H12BrNO2/c1-10-5-7-11(8-6-10)9-18-14-12(15(19)16(18)20)3-2-4-13(14)17/h2-8H,9H2,1H3.